The summed E-state index contributed by atoms with van der Waals surface area (Å²) in [6.45, 7) is 6.38. The highest BCUT2D eigenvalue weighted by Crippen LogP contribution is 2.32. The van der Waals surface area contributed by atoms with Crippen LogP contribution in [0, 0.1) is 0 Å². The van der Waals surface area contributed by atoms with Gasteiger partial charge >= 0.3 is 0 Å². The van der Waals surface area contributed by atoms with Gasteiger partial charge in [-0.1, -0.05) is 62.4 Å². The molecule has 0 fully saturated rings. The molecule has 0 aliphatic rings. The van der Waals surface area contributed by atoms with E-state index in [0.717, 1.165) is 12.1 Å². The summed E-state index contributed by atoms with van der Waals surface area (Å²) in [6.07, 6.45) is 0.729. The van der Waals surface area contributed by atoms with Gasteiger partial charge in [0.2, 0.25) is 10.1 Å². The van der Waals surface area contributed by atoms with E-state index in [4.69, 9.17) is 0 Å². The molecule has 0 bridgehead atoms. The van der Waals surface area contributed by atoms with Crippen LogP contribution in [0.3, 0.4) is 0 Å². The van der Waals surface area contributed by atoms with Crippen molar-refractivity contribution >= 4 is 32.8 Å². The topological polar surface area (TPSA) is 59.3 Å². The maximum Gasteiger partial charge on any atom is 0.275 e. The lowest BCUT2D eigenvalue weighted by molar-refractivity contribution is 0.854. The summed E-state index contributed by atoms with van der Waals surface area (Å²) in [4.78, 5) is 18.6. The van der Waals surface area contributed by atoms with Crippen LogP contribution in [0.15, 0.2) is 52.6 Å². The van der Waals surface area contributed by atoms with Gasteiger partial charge in [-0.25, -0.2) is 4.98 Å². The molecule has 144 valence electrons. The summed E-state index contributed by atoms with van der Waals surface area (Å²) < 4.78 is 1.37. The van der Waals surface area contributed by atoms with Crippen molar-refractivity contribution in [2.75, 3.05) is 5.32 Å². The number of nitrogens with zero attached hydrogens (tertiary/aromatic N) is 3. The molecule has 3 aromatic heterocycles. The molecule has 5 nitrogen and oxygen atoms in total. The lowest BCUT2D eigenvalue weighted by Gasteiger charge is -2.18. The Morgan fingerprint density at radius 2 is 1.89 bits per heavy atom. The van der Waals surface area contributed by atoms with E-state index in [0.29, 0.717) is 16.0 Å². The number of benzene rings is 1. The van der Waals surface area contributed by atoms with Crippen LogP contribution in [0.4, 0.5) is 5.13 Å². The fourth-order valence-corrected chi connectivity index (χ4v) is 4.72. The zero-order valence-electron chi connectivity index (χ0n) is 16.0. The average molecular weight is 411 g/mol. The lowest BCUT2D eigenvalue weighted by Crippen LogP contribution is -2.16. The third kappa shape index (κ3) is 3.72. The van der Waals surface area contributed by atoms with Crippen molar-refractivity contribution in [3.63, 3.8) is 0 Å². The van der Waals surface area contributed by atoms with E-state index in [1.54, 1.807) is 17.4 Å². The van der Waals surface area contributed by atoms with Gasteiger partial charge in [-0.3, -0.25) is 4.79 Å². The van der Waals surface area contributed by atoms with Gasteiger partial charge in [-0.2, -0.15) is 4.52 Å². The van der Waals surface area contributed by atoms with E-state index in [2.05, 4.69) is 71.0 Å². The number of nitrogens with one attached hydrogen (secondary N) is 1. The molecule has 28 heavy (non-hydrogen) atoms. The average Bonchev–Trinajstić information content (AvgIpc) is 3.36. The minimum absolute atomic E-state index is 0.0249. The van der Waals surface area contributed by atoms with Crippen molar-refractivity contribution in [1.82, 2.24) is 14.6 Å². The van der Waals surface area contributed by atoms with Crippen LogP contribution in [0.1, 0.15) is 54.4 Å². The molecule has 4 aromatic rings. The van der Waals surface area contributed by atoms with Crippen molar-refractivity contribution in [2.45, 2.75) is 39.2 Å². The van der Waals surface area contributed by atoms with Crippen LogP contribution in [0.5, 0.6) is 0 Å². The number of thiophene rings is 1. The standard InChI is InChI=1S/C21H22N4OS2/c1-4-16-12-18(26)25-21(22-16)28-20(24-25)23-19(17-6-5-11-27-17)15-9-7-14(8-10-15)13(2)3/h5-13,19H,4H2,1-3H3,(H,23,24). The van der Waals surface area contributed by atoms with Gasteiger partial charge < -0.3 is 5.32 Å². The number of fused-ring (bicyclic) bond motifs is 1. The number of aryl methyl sites for hydroxylation is 1. The SMILES string of the molecule is CCc1cc(=O)n2nc(NC(c3ccc(C(C)C)cc3)c3cccs3)sc2n1. The second-order valence-electron chi connectivity index (χ2n) is 6.95. The highest BCUT2D eigenvalue weighted by molar-refractivity contribution is 7.20. The minimum atomic E-state index is -0.139. The van der Waals surface area contributed by atoms with Gasteiger partial charge in [0.25, 0.3) is 5.56 Å². The van der Waals surface area contributed by atoms with Crippen LogP contribution in [-0.2, 0) is 6.42 Å². The highest BCUT2D eigenvalue weighted by Gasteiger charge is 2.18. The summed E-state index contributed by atoms with van der Waals surface area (Å²) >= 11 is 3.11. The number of aromatic nitrogens is 3. The number of anilines is 1. The number of hydrogen-bond donors (Lipinski definition) is 1. The summed E-state index contributed by atoms with van der Waals surface area (Å²) in [5.41, 5.74) is 3.14. The van der Waals surface area contributed by atoms with E-state index in [9.17, 15) is 4.79 Å². The number of rotatable bonds is 6. The monoisotopic (exact) mass is 410 g/mol. The van der Waals surface area contributed by atoms with Gasteiger partial charge in [-0.15, -0.1) is 16.4 Å². The molecular weight excluding hydrogens is 388 g/mol. The summed E-state index contributed by atoms with van der Waals surface area (Å²) in [7, 11) is 0. The Labute approximate surface area is 171 Å². The molecule has 1 unspecified atom stereocenters. The molecule has 0 amide bonds. The first-order valence-corrected chi connectivity index (χ1v) is 11.0. The molecular formula is C21H22N4OS2. The Kier molecular flexibility index (Phi) is 5.28. The molecule has 0 radical (unpaired) electrons. The molecule has 0 aliphatic carbocycles. The first-order valence-electron chi connectivity index (χ1n) is 9.34. The molecule has 4 rings (SSSR count). The van der Waals surface area contributed by atoms with Gasteiger partial charge in [0, 0.05) is 16.6 Å². The summed E-state index contributed by atoms with van der Waals surface area (Å²) in [5.74, 6) is 0.497. The molecule has 0 aliphatic heterocycles. The lowest BCUT2D eigenvalue weighted by atomic mass is 9.98. The van der Waals surface area contributed by atoms with Crippen LogP contribution < -0.4 is 10.9 Å². The van der Waals surface area contributed by atoms with Gasteiger partial charge in [0.1, 0.15) is 0 Å². The third-order valence-corrected chi connectivity index (χ3v) is 6.47. The molecule has 0 saturated heterocycles. The Morgan fingerprint density at radius 3 is 2.54 bits per heavy atom. The van der Waals surface area contributed by atoms with Crippen molar-refractivity contribution in [3.05, 3.63) is 79.9 Å². The predicted octanol–water partition coefficient (Wildman–Crippen LogP) is 5.10. The van der Waals surface area contributed by atoms with Crippen molar-refractivity contribution < 1.29 is 0 Å². The fourth-order valence-electron chi connectivity index (χ4n) is 3.07. The summed E-state index contributed by atoms with van der Waals surface area (Å²) in [5, 5.41) is 10.7. The predicted molar refractivity (Wildman–Crippen MR) is 117 cm³/mol. The minimum Gasteiger partial charge on any atom is -0.348 e. The highest BCUT2D eigenvalue weighted by atomic mass is 32.1. The van der Waals surface area contributed by atoms with Gasteiger partial charge in [0.15, 0.2) is 0 Å². The van der Waals surface area contributed by atoms with E-state index in [-0.39, 0.29) is 11.6 Å². The number of hydrogen-bond acceptors (Lipinski definition) is 6. The smallest absolute Gasteiger partial charge is 0.275 e. The van der Waals surface area contributed by atoms with E-state index >= 15 is 0 Å². The molecule has 0 saturated carbocycles. The normalized spacial score (nSPS) is 12.6. The van der Waals surface area contributed by atoms with Crippen LogP contribution in [-0.4, -0.2) is 14.6 Å². The molecule has 0 spiro atoms. The van der Waals surface area contributed by atoms with Crippen LogP contribution >= 0.6 is 22.7 Å². The second kappa shape index (κ2) is 7.85. The maximum atomic E-state index is 12.3. The van der Waals surface area contributed by atoms with Crippen molar-refractivity contribution in [1.29, 1.82) is 0 Å². The first-order chi connectivity index (χ1) is 13.5. The molecule has 1 N–H and O–H groups in total. The van der Waals surface area contributed by atoms with E-state index < -0.39 is 0 Å². The Balaban J connectivity index is 1.71. The quantitative estimate of drug-likeness (QED) is 0.480. The Bertz CT molecular complexity index is 1130. The zero-order chi connectivity index (χ0) is 19.7. The molecule has 3 heterocycles. The van der Waals surface area contributed by atoms with Crippen LogP contribution in [0.2, 0.25) is 0 Å². The van der Waals surface area contributed by atoms with Gasteiger partial charge in [0.05, 0.1) is 6.04 Å². The van der Waals surface area contributed by atoms with Crippen molar-refractivity contribution in [2.24, 2.45) is 0 Å². The van der Waals surface area contributed by atoms with E-state index in [1.807, 2.05) is 6.92 Å². The first kappa shape index (κ1) is 18.8. The maximum absolute atomic E-state index is 12.3. The van der Waals surface area contributed by atoms with E-state index in [1.165, 1.54) is 31.9 Å². The molecule has 1 atom stereocenters. The second-order valence-corrected chi connectivity index (χ2v) is 8.89. The zero-order valence-corrected chi connectivity index (χ0v) is 17.7. The summed E-state index contributed by atoms with van der Waals surface area (Å²) in [6, 6.07) is 14.4. The fraction of sp³-hybridized carbons (Fsp3) is 0.286. The molecule has 1 aromatic carbocycles. The Hall–Kier alpha value is -2.51. The largest absolute Gasteiger partial charge is 0.348 e. The van der Waals surface area contributed by atoms with Crippen molar-refractivity contribution in [3.8, 4) is 0 Å². The van der Waals surface area contributed by atoms with Gasteiger partial charge in [-0.05, 0) is 34.9 Å². The third-order valence-electron chi connectivity index (χ3n) is 4.69. The van der Waals surface area contributed by atoms with Crippen LogP contribution in [0.25, 0.3) is 4.96 Å². The molecule has 7 heteroatoms. The Morgan fingerprint density at radius 1 is 1.14 bits per heavy atom.